The summed E-state index contributed by atoms with van der Waals surface area (Å²) in [7, 11) is 1.88. The van der Waals surface area contributed by atoms with Gasteiger partial charge >= 0.3 is 0 Å². The first-order chi connectivity index (χ1) is 9.97. The van der Waals surface area contributed by atoms with E-state index in [4.69, 9.17) is 0 Å². The first-order valence-corrected chi connectivity index (χ1v) is 7.39. The fourth-order valence-electron chi connectivity index (χ4n) is 3.38. The number of fused-ring (bicyclic) bond motifs is 1. The number of anilines is 2. The normalized spacial score (nSPS) is 24.7. The van der Waals surface area contributed by atoms with Gasteiger partial charge in [-0.2, -0.15) is 0 Å². The SMILES string of the molecule is CC1CCCC(N(C)c2cc3c(cc2F)C(=O)C(=O)N3)C1. The van der Waals surface area contributed by atoms with Crippen LogP contribution in [0, 0.1) is 11.7 Å². The molecule has 1 aliphatic carbocycles. The predicted molar refractivity (Wildman–Crippen MR) is 79.2 cm³/mol. The zero-order valence-corrected chi connectivity index (χ0v) is 12.3. The minimum absolute atomic E-state index is 0.131. The van der Waals surface area contributed by atoms with E-state index in [1.54, 1.807) is 6.07 Å². The van der Waals surface area contributed by atoms with Crippen molar-refractivity contribution in [2.75, 3.05) is 17.3 Å². The number of nitrogens with zero attached hydrogens (tertiary/aromatic N) is 1. The summed E-state index contributed by atoms with van der Waals surface area (Å²) in [4.78, 5) is 24.9. The second-order valence-electron chi connectivity index (χ2n) is 6.17. The second-order valence-corrected chi connectivity index (χ2v) is 6.17. The predicted octanol–water partition coefficient (Wildman–Crippen LogP) is 2.98. The zero-order chi connectivity index (χ0) is 15.1. The highest BCUT2D eigenvalue weighted by molar-refractivity contribution is 6.51. The summed E-state index contributed by atoms with van der Waals surface area (Å²) >= 11 is 0. The highest BCUT2D eigenvalue weighted by Gasteiger charge is 2.31. The van der Waals surface area contributed by atoms with E-state index in [2.05, 4.69) is 12.2 Å². The van der Waals surface area contributed by atoms with Gasteiger partial charge in [0.25, 0.3) is 11.7 Å². The van der Waals surface area contributed by atoms with Gasteiger partial charge in [-0.3, -0.25) is 9.59 Å². The Hall–Kier alpha value is -1.91. The standard InChI is InChI=1S/C16H19FN2O2/c1-9-4-3-5-10(6-9)19(2)14-8-13-11(7-12(14)17)15(20)16(21)18-13/h7-10H,3-6H2,1-2H3,(H,18,20,21). The Morgan fingerprint density at radius 3 is 2.76 bits per heavy atom. The van der Waals surface area contributed by atoms with E-state index in [1.165, 1.54) is 12.5 Å². The van der Waals surface area contributed by atoms with Gasteiger partial charge in [0.1, 0.15) is 5.82 Å². The Morgan fingerprint density at radius 2 is 2.05 bits per heavy atom. The molecule has 0 saturated heterocycles. The Labute approximate surface area is 123 Å². The summed E-state index contributed by atoms with van der Waals surface area (Å²) in [6.45, 7) is 2.22. The lowest BCUT2D eigenvalue weighted by atomic mass is 9.86. The lowest BCUT2D eigenvalue weighted by molar-refractivity contribution is -0.112. The molecule has 1 aromatic rings. The lowest BCUT2D eigenvalue weighted by Gasteiger charge is -2.35. The van der Waals surface area contributed by atoms with Gasteiger partial charge < -0.3 is 10.2 Å². The Kier molecular flexibility index (Phi) is 3.43. The zero-order valence-electron chi connectivity index (χ0n) is 12.3. The van der Waals surface area contributed by atoms with Gasteiger partial charge in [-0.05, 0) is 30.9 Å². The lowest BCUT2D eigenvalue weighted by Crippen LogP contribution is -2.36. The van der Waals surface area contributed by atoms with Gasteiger partial charge in [0, 0.05) is 13.1 Å². The van der Waals surface area contributed by atoms with Crippen molar-refractivity contribution in [2.24, 2.45) is 5.92 Å². The van der Waals surface area contributed by atoms with E-state index in [1.807, 2.05) is 11.9 Å². The minimum Gasteiger partial charge on any atom is -0.369 e. The molecule has 0 bridgehead atoms. The molecular formula is C16H19FN2O2. The van der Waals surface area contributed by atoms with E-state index in [-0.39, 0.29) is 5.56 Å². The largest absolute Gasteiger partial charge is 0.369 e. The number of hydrogen-bond donors (Lipinski definition) is 1. The molecule has 0 radical (unpaired) electrons. The third-order valence-corrected chi connectivity index (χ3v) is 4.62. The van der Waals surface area contributed by atoms with E-state index in [9.17, 15) is 14.0 Å². The molecule has 1 heterocycles. The molecule has 1 amide bonds. The van der Waals surface area contributed by atoms with Crippen molar-refractivity contribution in [1.29, 1.82) is 0 Å². The van der Waals surface area contributed by atoms with Gasteiger partial charge in [0.2, 0.25) is 0 Å². The molecule has 1 N–H and O–H groups in total. The van der Waals surface area contributed by atoms with Crippen LogP contribution >= 0.6 is 0 Å². The number of carbonyl (C=O) groups is 2. The van der Waals surface area contributed by atoms with Crippen LogP contribution < -0.4 is 10.2 Å². The monoisotopic (exact) mass is 290 g/mol. The summed E-state index contributed by atoms with van der Waals surface area (Å²) in [5.74, 6) is -1.15. The molecular weight excluding hydrogens is 271 g/mol. The maximum atomic E-state index is 14.3. The van der Waals surface area contributed by atoms with E-state index in [0.717, 1.165) is 19.3 Å². The molecule has 2 aliphatic rings. The van der Waals surface area contributed by atoms with Crippen LogP contribution in [0.5, 0.6) is 0 Å². The number of ketones is 1. The molecule has 1 aliphatic heterocycles. The molecule has 5 heteroatoms. The quantitative estimate of drug-likeness (QED) is 0.852. The summed E-state index contributed by atoms with van der Waals surface area (Å²) in [6.07, 6.45) is 4.46. The van der Waals surface area contributed by atoms with E-state index in [0.29, 0.717) is 23.3 Å². The number of amides is 1. The van der Waals surface area contributed by atoms with Gasteiger partial charge in [-0.1, -0.05) is 19.8 Å². The van der Waals surface area contributed by atoms with Crippen molar-refractivity contribution in [3.05, 3.63) is 23.5 Å². The summed E-state index contributed by atoms with van der Waals surface area (Å²) in [5.41, 5.74) is 0.992. The van der Waals surface area contributed by atoms with Crippen molar-refractivity contribution >= 4 is 23.1 Å². The van der Waals surface area contributed by atoms with Crippen LogP contribution in [0.1, 0.15) is 43.0 Å². The molecule has 2 atom stereocenters. The number of Topliss-reactive ketones (excluding diaryl/α,β-unsaturated/α-hetero) is 1. The van der Waals surface area contributed by atoms with Crippen LogP contribution in [-0.4, -0.2) is 24.8 Å². The third kappa shape index (κ3) is 2.41. The Balaban J connectivity index is 1.91. The summed E-state index contributed by atoms with van der Waals surface area (Å²) in [5, 5.41) is 2.50. The molecule has 2 unspecified atom stereocenters. The second kappa shape index (κ2) is 5.13. The molecule has 112 valence electrons. The fourth-order valence-corrected chi connectivity index (χ4v) is 3.38. The molecule has 0 spiro atoms. The average Bonchev–Trinajstić information content (AvgIpc) is 2.73. The number of benzene rings is 1. The highest BCUT2D eigenvalue weighted by Crippen LogP contribution is 2.35. The van der Waals surface area contributed by atoms with Gasteiger partial charge in [0.05, 0.1) is 16.9 Å². The molecule has 0 aromatic heterocycles. The molecule has 1 fully saturated rings. The molecule has 1 aromatic carbocycles. The highest BCUT2D eigenvalue weighted by atomic mass is 19.1. The third-order valence-electron chi connectivity index (χ3n) is 4.62. The van der Waals surface area contributed by atoms with Crippen molar-refractivity contribution in [3.63, 3.8) is 0 Å². The topological polar surface area (TPSA) is 49.4 Å². The van der Waals surface area contributed by atoms with Crippen LogP contribution in [0.4, 0.5) is 15.8 Å². The summed E-state index contributed by atoms with van der Waals surface area (Å²) in [6, 6.07) is 3.05. The Bertz CT molecular complexity index is 615. The maximum Gasteiger partial charge on any atom is 0.296 e. The maximum absolute atomic E-state index is 14.3. The molecule has 21 heavy (non-hydrogen) atoms. The molecule has 4 nitrogen and oxygen atoms in total. The van der Waals surface area contributed by atoms with Gasteiger partial charge in [0.15, 0.2) is 0 Å². The van der Waals surface area contributed by atoms with E-state index < -0.39 is 17.5 Å². The van der Waals surface area contributed by atoms with Crippen molar-refractivity contribution in [1.82, 2.24) is 0 Å². The van der Waals surface area contributed by atoms with Crippen molar-refractivity contribution in [3.8, 4) is 0 Å². The van der Waals surface area contributed by atoms with Gasteiger partial charge in [-0.15, -0.1) is 0 Å². The fraction of sp³-hybridized carbons (Fsp3) is 0.500. The van der Waals surface area contributed by atoms with Crippen molar-refractivity contribution in [2.45, 2.75) is 38.6 Å². The average molecular weight is 290 g/mol. The first kappa shape index (κ1) is 14.0. The minimum atomic E-state index is -0.685. The van der Waals surface area contributed by atoms with Crippen LogP contribution in [-0.2, 0) is 4.79 Å². The Morgan fingerprint density at radius 1 is 1.29 bits per heavy atom. The van der Waals surface area contributed by atoms with Crippen molar-refractivity contribution < 1.29 is 14.0 Å². The van der Waals surface area contributed by atoms with Crippen LogP contribution in [0.15, 0.2) is 12.1 Å². The van der Waals surface area contributed by atoms with Crippen LogP contribution in [0.2, 0.25) is 0 Å². The van der Waals surface area contributed by atoms with Crippen LogP contribution in [0.25, 0.3) is 0 Å². The molecule has 1 saturated carbocycles. The summed E-state index contributed by atoms with van der Waals surface area (Å²) < 4.78 is 14.3. The van der Waals surface area contributed by atoms with Crippen LogP contribution in [0.3, 0.4) is 0 Å². The first-order valence-electron chi connectivity index (χ1n) is 7.39. The molecule has 3 rings (SSSR count). The number of carbonyl (C=O) groups excluding carboxylic acids is 2. The number of nitrogens with one attached hydrogen (secondary N) is 1. The van der Waals surface area contributed by atoms with E-state index >= 15 is 0 Å². The van der Waals surface area contributed by atoms with Gasteiger partial charge in [-0.25, -0.2) is 4.39 Å². The number of hydrogen-bond acceptors (Lipinski definition) is 3. The number of halogens is 1. The smallest absolute Gasteiger partial charge is 0.296 e. The number of rotatable bonds is 2.